The fourth-order valence-electron chi connectivity index (χ4n) is 21.7. The van der Waals surface area contributed by atoms with Gasteiger partial charge in [-0.25, -0.2) is 0 Å². The standard InChI is InChI=1S/C61H44B2N2.C25H16B2Br2.C18H12BrN.CH4.H2/c1-13-29-57-45(17-1)46-18-2-14-30-58(46)64(57)43-37-33-41(34-38-43)62-53-25-9-5-21-49(53)61(50-22-6-10-26-54(50)62)51-23-7-11-27-55(51)63(56-28-12-8-24-52(56)61)42-35-39-44(40-36-42)65-59-31-15-3-19-47(59)48-20-4-16-32-60(48)65;28-26-21-13-5-1-9-17(21)25(18-10-2-6-14-22(18)26)19-11-3-7-15-23(19)27(29)24-16-8-4-12-20(24)25;19-13-9-11-14(12-10-13)20-17-7-3-1-5-15(17)16-6-2-4-8-18(16)20;;/h1-40,49,51,53,55H;1-16H;1-12H;1H4;1H/i;;;;1+1. The summed E-state index contributed by atoms with van der Waals surface area (Å²) in [5.41, 5.74) is 30.3. The minimum atomic E-state index is -0.311. The number of rotatable bonds is 5. The molecular formula is C105H78B4Br3N3. The predicted octanol–water partition coefficient (Wildman–Crippen LogP) is 21.8. The maximum atomic E-state index is 4.02. The highest BCUT2D eigenvalue weighted by Gasteiger charge is 2.62. The van der Waals surface area contributed by atoms with Crippen molar-refractivity contribution >= 4 is 181 Å². The third-order valence-corrected chi connectivity index (χ3v) is 28.6. The highest BCUT2D eigenvalue weighted by Crippen LogP contribution is 2.61. The summed E-state index contributed by atoms with van der Waals surface area (Å²) >= 11 is 11.5. The summed E-state index contributed by atoms with van der Waals surface area (Å²) in [5, 5.41) is 7.75. The van der Waals surface area contributed by atoms with Gasteiger partial charge in [-0.2, -0.15) is 0 Å². The zero-order valence-electron chi connectivity index (χ0n) is 62.4. The molecule has 0 amide bonds. The Bertz CT molecular complexity index is 6420. The van der Waals surface area contributed by atoms with Crippen LogP contribution in [0.15, 0.2) is 417 Å². The minimum absolute atomic E-state index is 0. The number of aromatic nitrogens is 3. The number of para-hydroxylation sites is 6. The van der Waals surface area contributed by atoms with Crippen molar-refractivity contribution in [1.82, 2.24) is 13.7 Å². The molecule has 4 aliphatic heterocycles. The third-order valence-electron chi connectivity index (χ3n) is 26.1. The molecule has 10 heteroatoms. The van der Waals surface area contributed by atoms with Crippen LogP contribution in [-0.2, 0) is 10.8 Å². The molecule has 0 bridgehead atoms. The van der Waals surface area contributed by atoms with E-state index in [4.69, 9.17) is 0 Å². The van der Waals surface area contributed by atoms with Crippen LogP contribution in [0.25, 0.3) is 82.5 Å². The van der Waals surface area contributed by atoms with Crippen LogP contribution in [-0.4, -0.2) is 38.2 Å². The van der Waals surface area contributed by atoms with Crippen molar-refractivity contribution in [3.63, 3.8) is 0 Å². The molecule has 24 rings (SSSR count). The number of halogens is 3. The van der Waals surface area contributed by atoms with Gasteiger partial charge in [0.15, 0.2) is 0 Å². The van der Waals surface area contributed by atoms with E-state index in [0.29, 0.717) is 0 Å². The van der Waals surface area contributed by atoms with Crippen molar-refractivity contribution in [2.75, 3.05) is 0 Å². The van der Waals surface area contributed by atoms with Crippen molar-refractivity contribution in [1.29, 1.82) is 0 Å². The van der Waals surface area contributed by atoms with E-state index in [0.717, 1.165) is 4.47 Å². The van der Waals surface area contributed by atoms with Crippen molar-refractivity contribution in [2.24, 2.45) is 11.8 Å². The van der Waals surface area contributed by atoms with Gasteiger partial charge in [0.05, 0.1) is 38.5 Å². The molecule has 0 radical (unpaired) electrons. The Labute approximate surface area is 699 Å². The lowest BCUT2D eigenvalue weighted by atomic mass is 9.19. The summed E-state index contributed by atoms with van der Waals surface area (Å²) < 4.78 is 8.28. The predicted molar refractivity (Wildman–Crippen MR) is 506 cm³/mol. The van der Waals surface area contributed by atoms with Crippen LogP contribution in [0.1, 0.15) is 42.2 Å². The highest BCUT2D eigenvalue weighted by atomic mass is 79.9. The summed E-state index contributed by atoms with van der Waals surface area (Å²) in [7, 11) is 0. The molecule has 2 aliphatic carbocycles. The normalized spacial score (nSPS) is 18.0. The number of benzene rings is 15. The molecular weight excluding hydrogens is 1590 g/mol. The van der Waals surface area contributed by atoms with Crippen molar-refractivity contribution in [3.8, 4) is 17.1 Å². The van der Waals surface area contributed by atoms with Crippen LogP contribution < -0.4 is 43.7 Å². The van der Waals surface area contributed by atoms with Crippen LogP contribution in [0.2, 0.25) is 11.6 Å². The van der Waals surface area contributed by atoms with E-state index in [9.17, 15) is 0 Å². The fraction of sp³-hybridized carbons (Fsp3) is 0.0667. The van der Waals surface area contributed by atoms with E-state index in [2.05, 4.69) is 474 Å². The summed E-state index contributed by atoms with van der Waals surface area (Å²) in [6, 6.07) is 135. The van der Waals surface area contributed by atoms with Gasteiger partial charge in [0.2, 0.25) is 13.4 Å². The number of allylic oxidation sites excluding steroid dienone is 8. The zero-order valence-corrected chi connectivity index (χ0v) is 67.1. The Hall–Kier alpha value is -11.6. The maximum absolute atomic E-state index is 4.02. The molecule has 0 saturated carbocycles. The summed E-state index contributed by atoms with van der Waals surface area (Å²) in [4.78, 5) is 0. The average Bonchev–Trinajstić information content (AvgIpc) is 0.858. The molecule has 115 heavy (non-hydrogen) atoms. The molecule has 3 nitrogen and oxygen atoms in total. The van der Waals surface area contributed by atoms with E-state index < -0.39 is 0 Å². The molecule has 3 aromatic heterocycles. The van der Waals surface area contributed by atoms with Crippen LogP contribution >= 0.6 is 47.4 Å². The van der Waals surface area contributed by atoms with Gasteiger partial charge >= 0.3 is 0 Å². The second kappa shape index (κ2) is 28.7. The molecule has 0 fully saturated rings. The Balaban J connectivity index is 0.000000139. The van der Waals surface area contributed by atoms with Crippen LogP contribution in [0, 0.1) is 11.8 Å². The van der Waals surface area contributed by atoms with Gasteiger partial charge in [0.1, 0.15) is 0 Å². The lowest BCUT2D eigenvalue weighted by Crippen LogP contribution is -2.67. The first kappa shape index (κ1) is 71.2. The van der Waals surface area contributed by atoms with Gasteiger partial charge < -0.3 is 13.7 Å². The van der Waals surface area contributed by atoms with Crippen LogP contribution in [0.4, 0.5) is 0 Å². The molecule has 0 saturated heterocycles. The number of hydrogen-bond acceptors (Lipinski definition) is 0. The smallest absolute Gasteiger partial charge is 0.288 e. The maximum Gasteiger partial charge on any atom is 0.288 e. The first-order valence-corrected chi connectivity index (χ1v) is 42.5. The van der Waals surface area contributed by atoms with Crippen LogP contribution in [0.5, 0.6) is 0 Å². The third kappa shape index (κ3) is 10.8. The Morgan fingerprint density at radius 1 is 0.252 bits per heavy atom. The monoisotopic (exact) mass is 1660 g/mol. The summed E-state index contributed by atoms with van der Waals surface area (Å²) in [5.74, 6) is 1.02. The average molecular weight is 1670 g/mol. The lowest BCUT2D eigenvalue weighted by Gasteiger charge is -2.59. The minimum Gasteiger partial charge on any atom is -0.309 e. The Morgan fingerprint density at radius 3 is 0.783 bits per heavy atom. The topological polar surface area (TPSA) is 14.8 Å². The van der Waals surface area contributed by atoms with E-state index >= 15 is 0 Å². The van der Waals surface area contributed by atoms with Crippen LogP contribution in [0.3, 0.4) is 0 Å². The van der Waals surface area contributed by atoms with Gasteiger partial charge in [0.25, 0.3) is 11.1 Å². The largest absolute Gasteiger partial charge is 0.309 e. The number of hydrogen-bond donors (Lipinski definition) is 0. The second-order valence-electron chi connectivity index (χ2n) is 31.3. The first-order chi connectivity index (χ1) is 56.4. The molecule has 546 valence electrons. The van der Waals surface area contributed by atoms with E-state index in [1.807, 2.05) is 0 Å². The Morgan fingerprint density at radius 2 is 0.487 bits per heavy atom. The van der Waals surface area contributed by atoms with Crippen molar-refractivity contribution in [3.05, 3.63) is 450 Å². The molecule has 7 heterocycles. The van der Waals surface area contributed by atoms with Gasteiger partial charge in [-0.1, -0.05) is 395 Å². The Kier molecular flexibility index (Phi) is 17.8. The van der Waals surface area contributed by atoms with E-state index in [1.165, 1.54) is 160 Å². The molecule has 0 N–H and O–H groups in total. The molecule has 18 aromatic rings. The lowest BCUT2D eigenvalue weighted by molar-refractivity contribution is 0.281. The van der Waals surface area contributed by atoms with Crippen molar-refractivity contribution < 1.29 is 1.43 Å². The highest BCUT2D eigenvalue weighted by molar-refractivity contribution is 9.25. The first-order valence-electron chi connectivity index (χ1n) is 39.8. The summed E-state index contributed by atoms with van der Waals surface area (Å²) in [6.07, 6.45) is 19.5. The second-order valence-corrected chi connectivity index (χ2v) is 34.1. The van der Waals surface area contributed by atoms with Crippen molar-refractivity contribution in [2.45, 2.75) is 29.9 Å². The number of nitrogens with zero attached hydrogens (tertiary/aromatic N) is 3. The van der Waals surface area contributed by atoms with Gasteiger partial charge in [-0.05, 0) is 142 Å². The molecule has 4 unspecified atom stereocenters. The van der Waals surface area contributed by atoms with E-state index in [-0.39, 0.29) is 67.7 Å². The quantitative estimate of drug-likeness (QED) is 0.153. The SMILES string of the molecule is BrB1c2ccccc2C2(c3ccccc31)c1ccccc1B(Br)c1ccccc12.Brc1ccc(-n2c3ccccc3c3ccccc32)cc1.C.C1=CC2B(c3ccc(-n4c5ccccc5c5ccccc54)cc3)c3ccccc3C3(c4ccccc4B(c4ccc(-n5c6ccccc6c6ccccc65)cc4)C4C=CC=CC43)C2C=C1.[2HH]. The number of fused-ring (bicyclic) bond motifs is 25. The molecule has 2 spiro atoms. The molecule has 4 atom stereocenters. The molecule has 6 aliphatic rings. The fourth-order valence-corrected chi connectivity index (χ4v) is 23.5. The van der Waals surface area contributed by atoms with Gasteiger partial charge in [-0.3, -0.25) is 0 Å². The van der Waals surface area contributed by atoms with Gasteiger partial charge in [0, 0.05) is 60.7 Å². The summed E-state index contributed by atoms with van der Waals surface area (Å²) in [6.45, 7) is 0.408. The van der Waals surface area contributed by atoms with E-state index in [1.54, 1.807) is 0 Å². The molecule has 15 aromatic carbocycles. The van der Waals surface area contributed by atoms with Gasteiger partial charge in [-0.15, -0.1) is 31.5 Å². The zero-order chi connectivity index (χ0) is 75.8.